The molecule has 11 heteroatoms. The van der Waals surface area contributed by atoms with E-state index in [4.69, 9.17) is 17.3 Å². The van der Waals surface area contributed by atoms with Gasteiger partial charge in [0, 0.05) is 22.8 Å². The number of nitrogens with two attached hydrogens (primary N) is 1. The number of aromatic nitrogens is 3. The van der Waals surface area contributed by atoms with Gasteiger partial charge in [-0.15, -0.1) is 0 Å². The lowest BCUT2D eigenvalue weighted by molar-refractivity contribution is 0.104. The SMILES string of the molecule is Cc1ccc(S(=O)(=O)Nc2cc(C(=O)c3cn(C(C)C)c4ncnc(N)c34)ccc2F)cc1Cl. The summed E-state index contributed by atoms with van der Waals surface area (Å²) >= 11 is 6.04. The highest BCUT2D eigenvalue weighted by atomic mass is 35.5. The number of carbonyl (C=O) groups is 1. The first-order chi connectivity index (χ1) is 16.0. The highest BCUT2D eigenvalue weighted by Gasteiger charge is 2.23. The first kappa shape index (κ1) is 23.7. The van der Waals surface area contributed by atoms with Crippen molar-refractivity contribution in [1.82, 2.24) is 14.5 Å². The van der Waals surface area contributed by atoms with Crippen LogP contribution in [-0.4, -0.2) is 28.7 Å². The average molecular weight is 502 g/mol. The van der Waals surface area contributed by atoms with Gasteiger partial charge in [0.25, 0.3) is 10.0 Å². The minimum absolute atomic E-state index is 0.0183. The van der Waals surface area contributed by atoms with E-state index in [0.29, 0.717) is 16.6 Å². The lowest BCUT2D eigenvalue weighted by Gasteiger charge is -2.11. The molecule has 0 bridgehead atoms. The number of anilines is 2. The molecule has 0 aliphatic carbocycles. The van der Waals surface area contributed by atoms with Crippen LogP contribution in [0.2, 0.25) is 5.02 Å². The van der Waals surface area contributed by atoms with Gasteiger partial charge in [-0.3, -0.25) is 9.52 Å². The van der Waals surface area contributed by atoms with Crippen LogP contribution < -0.4 is 10.5 Å². The molecule has 3 N–H and O–H groups in total. The van der Waals surface area contributed by atoms with E-state index in [2.05, 4.69) is 14.7 Å². The first-order valence-corrected chi connectivity index (χ1v) is 12.1. The molecule has 34 heavy (non-hydrogen) atoms. The zero-order valence-electron chi connectivity index (χ0n) is 18.5. The average Bonchev–Trinajstić information content (AvgIpc) is 3.18. The Bertz CT molecular complexity index is 1550. The summed E-state index contributed by atoms with van der Waals surface area (Å²) in [5, 5.41) is 0.635. The van der Waals surface area contributed by atoms with E-state index in [0.717, 1.165) is 12.1 Å². The molecule has 0 fully saturated rings. The van der Waals surface area contributed by atoms with Crippen LogP contribution in [0.4, 0.5) is 15.9 Å². The van der Waals surface area contributed by atoms with Crippen LogP contribution >= 0.6 is 11.6 Å². The molecule has 0 saturated heterocycles. The van der Waals surface area contributed by atoms with Crippen molar-refractivity contribution in [2.75, 3.05) is 10.5 Å². The third kappa shape index (κ3) is 4.22. The molecule has 0 aliphatic heterocycles. The minimum Gasteiger partial charge on any atom is -0.383 e. The van der Waals surface area contributed by atoms with Crippen molar-refractivity contribution in [3.63, 3.8) is 0 Å². The summed E-state index contributed by atoms with van der Waals surface area (Å²) in [5.41, 5.74) is 7.14. The highest BCUT2D eigenvalue weighted by molar-refractivity contribution is 7.92. The number of rotatable bonds is 6. The van der Waals surface area contributed by atoms with E-state index < -0.39 is 21.6 Å². The van der Waals surface area contributed by atoms with Gasteiger partial charge in [-0.05, 0) is 56.7 Å². The van der Waals surface area contributed by atoms with E-state index in [1.54, 1.807) is 23.8 Å². The summed E-state index contributed by atoms with van der Waals surface area (Å²) in [6.45, 7) is 5.58. The van der Waals surface area contributed by atoms with Crippen LogP contribution in [0.3, 0.4) is 0 Å². The Morgan fingerprint density at radius 3 is 2.59 bits per heavy atom. The molecule has 8 nitrogen and oxygen atoms in total. The normalized spacial score (nSPS) is 11.8. The van der Waals surface area contributed by atoms with E-state index in [1.807, 2.05) is 13.8 Å². The highest BCUT2D eigenvalue weighted by Crippen LogP contribution is 2.30. The largest absolute Gasteiger partial charge is 0.383 e. The second-order valence-corrected chi connectivity index (χ2v) is 10.1. The van der Waals surface area contributed by atoms with E-state index in [1.165, 1.54) is 24.5 Å². The fraction of sp³-hybridized carbons (Fsp3) is 0.174. The van der Waals surface area contributed by atoms with Crippen molar-refractivity contribution >= 4 is 49.9 Å². The number of nitrogen functional groups attached to an aromatic ring is 1. The van der Waals surface area contributed by atoms with Crippen molar-refractivity contribution < 1.29 is 17.6 Å². The number of carbonyl (C=O) groups excluding carboxylic acids is 1. The molecule has 0 spiro atoms. The number of ketones is 1. The predicted octanol–water partition coefficient (Wildman–Crippen LogP) is 4.73. The number of hydrogen-bond donors (Lipinski definition) is 2. The maximum absolute atomic E-state index is 14.5. The Kier molecular flexibility index (Phi) is 6.05. The molecule has 0 saturated carbocycles. The van der Waals surface area contributed by atoms with Gasteiger partial charge in [-0.1, -0.05) is 17.7 Å². The lowest BCUT2D eigenvalue weighted by Crippen LogP contribution is -2.15. The second kappa shape index (κ2) is 8.69. The van der Waals surface area contributed by atoms with Gasteiger partial charge in [-0.25, -0.2) is 22.8 Å². The summed E-state index contributed by atoms with van der Waals surface area (Å²) in [4.78, 5) is 21.5. The number of hydrogen-bond acceptors (Lipinski definition) is 6. The molecule has 176 valence electrons. The Balaban J connectivity index is 1.76. The molecular formula is C23H21ClFN5O3S. The predicted molar refractivity (Wildman–Crippen MR) is 129 cm³/mol. The zero-order chi connectivity index (χ0) is 24.8. The summed E-state index contributed by atoms with van der Waals surface area (Å²) in [6, 6.07) is 7.60. The molecular weight excluding hydrogens is 481 g/mol. The fourth-order valence-electron chi connectivity index (χ4n) is 3.52. The van der Waals surface area contributed by atoms with Gasteiger partial charge < -0.3 is 10.3 Å². The number of nitrogens with zero attached hydrogens (tertiary/aromatic N) is 3. The van der Waals surface area contributed by atoms with Gasteiger partial charge in [0.05, 0.1) is 21.5 Å². The molecule has 0 radical (unpaired) electrons. The monoisotopic (exact) mass is 501 g/mol. The number of fused-ring (bicyclic) bond motifs is 1. The molecule has 0 atom stereocenters. The van der Waals surface area contributed by atoms with E-state index in [9.17, 15) is 17.6 Å². The molecule has 2 aromatic heterocycles. The van der Waals surface area contributed by atoms with Crippen molar-refractivity contribution in [3.8, 4) is 0 Å². The quantitative estimate of drug-likeness (QED) is 0.368. The Morgan fingerprint density at radius 1 is 1.18 bits per heavy atom. The Morgan fingerprint density at radius 2 is 1.91 bits per heavy atom. The third-order valence-electron chi connectivity index (χ3n) is 5.37. The molecule has 2 heterocycles. The minimum atomic E-state index is -4.16. The standard InChI is InChI=1S/C23H21ClFN5O3S/c1-12(2)30-10-16(20-22(26)27-11-28-23(20)30)21(31)14-5-7-18(25)19(8-14)29-34(32,33)15-6-4-13(3)17(24)9-15/h4-12,29H,1-3H3,(H2,26,27,28). The molecule has 0 amide bonds. The van der Waals surface area contributed by atoms with Gasteiger partial charge in [0.2, 0.25) is 0 Å². The van der Waals surface area contributed by atoms with Gasteiger partial charge in [-0.2, -0.15) is 0 Å². The van der Waals surface area contributed by atoms with Gasteiger partial charge >= 0.3 is 0 Å². The van der Waals surface area contributed by atoms with Gasteiger partial charge in [0.1, 0.15) is 23.6 Å². The molecule has 0 unspecified atom stereocenters. The summed E-state index contributed by atoms with van der Waals surface area (Å²) in [6.07, 6.45) is 2.93. The zero-order valence-corrected chi connectivity index (χ0v) is 20.1. The Hall–Kier alpha value is -3.50. The second-order valence-electron chi connectivity index (χ2n) is 8.04. The summed E-state index contributed by atoms with van der Waals surface area (Å²) in [5.74, 6) is -1.19. The first-order valence-electron chi connectivity index (χ1n) is 10.2. The maximum Gasteiger partial charge on any atom is 0.262 e. The van der Waals surface area contributed by atoms with Crippen LogP contribution in [0.15, 0.2) is 53.8 Å². The number of nitrogens with one attached hydrogen (secondary N) is 1. The third-order valence-corrected chi connectivity index (χ3v) is 7.14. The number of halogens is 2. The molecule has 4 rings (SSSR count). The van der Waals surface area contributed by atoms with E-state index in [-0.39, 0.29) is 38.6 Å². The van der Waals surface area contributed by atoms with Crippen LogP contribution in [0, 0.1) is 12.7 Å². The number of benzene rings is 2. The van der Waals surface area contributed by atoms with Crippen molar-refractivity contribution in [1.29, 1.82) is 0 Å². The van der Waals surface area contributed by atoms with Gasteiger partial charge in [0.15, 0.2) is 5.78 Å². The fourth-order valence-corrected chi connectivity index (χ4v) is 4.85. The van der Waals surface area contributed by atoms with Crippen LogP contribution in [-0.2, 0) is 10.0 Å². The summed E-state index contributed by atoms with van der Waals surface area (Å²) in [7, 11) is -4.16. The summed E-state index contributed by atoms with van der Waals surface area (Å²) < 4.78 is 44.1. The topological polar surface area (TPSA) is 120 Å². The number of aryl methyl sites for hydroxylation is 1. The van der Waals surface area contributed by atoms with Crippen molar-refractivity contribution in [2.45, 2.75) is 31.7 Å². The van der Waals surface area contributed by atoms with Crippen molar-refractivity contribution in [3.05, 3.63) is 76.5 Å². The molecule has 0 aliphatic rings. The Labute approximate surface area is 200 Å². The van der Waals surface area contributed by atoms with Crippen LogP contribution in [0.25, 0.3) is 11.0 Å². The van der Waals surface area contributed by atoms with Crippen molar-refractivity contribution in [2.24, 2.45) is 0 Å². The number of sulfonamides is 1. The molecule has 4 aromatic rings. The molecule has 2 aromatic carbocycles. The van der Waals surface area contributed by atoms with E-state index >= 15 is 0 Å². The van der Waals surface area contributed by atoms with Crippen LogP contribution in [0.1, 0.15) is 41.4 Å². The maximum atomic E-state index is 14.5. The smallest absolute Gasteiger partial charge is 0.262 e. The van der Waals surface area contributed by atoms with Crippen LogP contribution in [0.5, 0.6) is 0 Å². The lowest BCUT2D eigenvalue weighted by atomic mass is 10.0.